The molecule has 1 aromatic heterocycles. The number of aryl methyl sites for hydroxylation is 1. The van der Waals surface area contributed by atoms with Gasteiger partial charge >= 0.3 is 0 Å². The molecule has 2 heterocycles. The summed E-state index contributed by atoms with van der Waals surface area (Å²) < 4.78 is 0. The van der Waals surface area contributed by atoms with Gasteiger partial charge in [-0.15, -0.1) is 0 Å². The fraction of sp³-hybridized carbons (Fsp3) is 0.333. The highest BCUT2D eigenvalue weighted by molar-refractivity contribution is 5.77. The van der Waals surface area contributed by atoms with E-state index in [-0.39, 0.29) is 5.91 Å². The lowest BCUT2D eigenvalue weighted by molar-refractivity contribution is -0.132. The minimum atomic E-state index is 0.203. The number of para-hydroxylation sites is 2. The second-order valence-corrected chi connectivity index (χ2v) is 6.95. The Labute approximate surface area is 152 Å². The molecule has 0 unspecified atom stereocenters. The van der Waals surface area contributed by atoms with Crippen LogP contribution in [0.4, 0.5) is 0 Å². The number of imidazole rings is 1. The van der Waals surface area contributed by atoms with Gasteiger partial charge in [0, 0.05) is 25.9 Å². The zero-order valence-electron chi connectivity index (χ0n) is 14.7. The SMILES string of the molecule is O=C(CCc1nc2ccccc2[nH]1)N1CCC(c2ccc(O)cc2)CC1. The number of carbonyl (C=O) groups excluding carboxylic acids is 1. The molecule has 0 bridgehead atoms. The molecule has 0 atom stereocenters. The number of nitrogens with zero attached hydrogens (tertiary/aromatic N) is 2. The van der Waals surface area contributed by atoms with E-state index in [0.717, 1.165) is 42.8 Å². The lowest BCUT2D eigenvalue weighted by atomic mass is 9.89. The van der Waals surface area contributed by atoms with Crippen molar-refractivity contribution in [3.63, 3.8) is 0 Å². The van der Waals surface area contributed by atoms with E-state index in [1.54, 1.807) is 12.1 Å². The molecule has 5 heteroatoms. The van der Waals surface area contributed by atoms with Gasteiger partial charge in [-0.3, -0.25) is 4.79 Å². The van der Waals surface area contributed by atoms with E-state index in [2.05, 4.69) is 9.97 Å². The monoisotopic (exact) mass is 349 g/mol. The average Bonchev–Trinajstić information content (AvgIpc) is 3.10. The maximum atomic E-state index is 12.5. The quantitative estimate of drug-likeness (QED) is 0.756. The van der Waals surface area contributed by atoms with E-state index in [9.17, 15) is 9.90 Å². The lowest BCUT2D eigenvalue weighted by Crippen LogP contribution is -2.38. The molecule has 5 nitrogen and oxygen atoms in total. The van der Waals surface area contributed by atoms with Gasteiger partial charge < -0.3 is 15.0 Å². The number of fused-ring (bicyclic) bond motifs is 1. The van der Waals surface area contributed by atoms with Crippen molar-refractivity contribution in [2.45, 2.75) is 31.6 Å². The number of hydrogen-bond acceptors (Lipinski definition) is 3. The molecule has 0 saturated carbocycles. The summed E-state index contributed by atoms with van der Waals surface area (Å²) in [5, 5.41) is 9.41. The molecule has 0 aliphatic carbocycles. The van der Waals surface area contributed by atoms with E-state index in [4.69, 9.17) is 0 Å². The first kappa shape index (κ1) is 16.6. The number of nitrogens with one attached hydrogen (secondary N) is 1. The van der Waals surface area contributed by atoms with Crippen LogP contribution in [0.2, 0.25) is 0 Å². The molecule has 1 aliphatic rings. The van der Waals surface area contributed by atoms with Crippen molar-refractivity contribution in [2.75, 3.05) is 13.1 Å². The maximum absolute atomic E-state index is 12.5. The van der Waals surface area contributed by atoms with Crippen LogP contribution in [0.1, 0.15) is 36.6 Å². The second-order valence-electron chi connectivity index (χ2n) is 6.95. The van der Waals surface area contributed by atoms with Crippen LogP contribution in [-0.2, 0) is 11.2 Å². The Morgan fingerprint density at radius 2 is 1.85 bits per heavy atom. The van der Waals surface area contributed by atoms with E-state index >= 15 is 0 Å². The van der Waals surface area contributed by atoms with Crippen LogP contribution in [0.3, 0.4) is 0 Å². The minimum Gasteiger partial charge on any atom is -0.508 e. The lowest BCUT2D eigenvalue weighted by Gasteiger charge is -2.32. The Morgan fingerprint density at radius 1 is 1.12 bits per heavy atom. The third kappa shape index (κ3) is 3.57. The van der Waals surface area contributed by atoms with Crippen molar-refractivity contribution in [1.82, 2.24) is 14.9 Å². The number of hydrogen-bond donors (Lipinski definition) is 2. The van der Waals surface area contributed by atoms with Crippen LogP contribution in [0, 0.1) is 0 Å². The zero-order chi connectivity index (χ0) is 17.9. The summed E-state index contributed by atoms with van der Waals surface area (Å²) in [4.78, 5) is 22.3. The van der Waals surface area contributed by atoms with Crippen LogP contribution in [-0.4, -0.2) is 39.0 Å². The minimum absolute atomic E-state index is 0.203. The van der Waals surface area contributed by atoms with Gasteiger partial charge in [-0.25, -0.2) is 4.98 Å². The first-order valence-corrected chi connectivity index (χ1v) is 9.19. The van der Waals surface area contributed by atoms with Crippen LogP contribution in [0.15, 0.2) is 48.5 Å². The molecule has 0 radical (unpaired) electrons. The molecular weight excluding hydrogens is 326 g/mol. The van der Waals surface area contributed by atoms with Crippen molar-refractivity contribution in [3.05, 3.63) is 59.9 Å². The molecule has 1 saturated heterocycles. The summed E-state index contributed by atoms with van der Waals surface area (Å²) in [5.74, 6) is 1.84. The molecule has 1 amide bonds. The Balaban J connectivity index is 1.30. The van der Waals surface area contributed by atoms with Crippen molar-refractivity contribution in [2.24, 2.45) is 0 Å². The molecule has 134 valence electrons. The number of likely N-dealkylation sites (tertiary alicyclic amines) is 1. The summed E-state index contributed by atoms with van der Waals surface area (Å²) in [6, 6.07) is 15.4. The van der Waals surface area contributed by atoms with E-state index in [0.29, 0.717) is 24.5 Å². The molecule has 2 aromatic carbocycles. The van der Waals surface area contributed by atoms with Crippen LogP contribution < -0.4 is 0 Å². The maximum Gasteiger partial charge on any atom is 0.223 e. The Hall–Kier alpha value is -2.82. The number of rotatable bonds is 4. The second kappa shape index (κ2) is 7.20. The number of aromatic nitrogens is 2. The summed E-state index contributed by atoms with van der Waals surface area (Å²) in [5.41, 5.74) is 3.21. The fourth-order valence-corrected chi connectivity index (χ4v) is 3.72. The zero-order valence-corrected chi connectivity index (χ0v) is 14.7. The van der Waals surface area contributed by atoms with Gasteiger partial charge in [-0.1, -0.05) is 24.3 Å². The molecule has 2 N–H and O–H groups in total. The topological polar surface area (TPSA) is 69.2 Å². The number of phenols is 1. The predicted molar refractivity (Wildman–Crippen MR) is 101 cm³/mol. The number of aromatic hydroxyl groups is 1. The summed E-state index contributed by atoms with van der Waals surface area (Å²) >= 11 is 0. The van der Waals surface area contributed by atoms with Crippen LogP contribution >= 0.6 is 0 Å². The number of aromatic amines is 1. The molecule has 0 spiro atoms. The summed E-state index contributed by atoms with van der Waals surface area (Å²) in [7, 11) is 0. The third-order valence-corrected chi connectivity index (χ3v) is 5.23. The normalized spacial score (nSPS) is 15.5. The molecule has 3 aromatic rings. The average molecular weight is 349 g/mol. The highest BCUT2D eigenvalue weighted by Crippen LogP contribution is 2.29. The van der Waals surface area contributed by atoms with Gasteiger partial charge in [0.05, 0.1) is 11.0 Å². The van der Waals surface area contributed by atoms with E-state index in [1.807, 2.05) is 41.3 Å². The van der Waals surface area contributed by atoms with Crippen molar-refractivity contribution >= 4 is 16.9 Å². The number of amides is 1. The molecule has 26 heavy (non-hydrogen) atoms. The number of benzene rings is 2. The van der Waals surface area contributed by atoms with Crippen molar-refractivity contribution in [3.8, 4) is 5.75 Å². The molecule has 1 aliphatic heterocycles. The number of H-pyrrole nitrogens is 1. The highest BCUT2D eigenvalue weighted by Gasteiger charge is 2.23. The van der Waals surface area contributed by atoms with Crippen molar-refractivity contribution < 1.29 is 9.90 Å². The fourth-order valence-electron chi connectivity index (χ4n) is 3.72. The van der Waals surface area contributed by atoms with E-state index < -0.39 is 0 Å². The molecule has 4 rings (SSSR count). The third-order valence-electron chi connectivity index (χ3n) is 5.23. The van der Waals surface area contributed by atoms with Crippen LogP contribution in [0.5, 0.6) is 5.75 Å². The number of carbonyl (C=O) groups is 1. The van der Waals surface area contributed by atoms with Gasteiger partial charge in [0.1, 0.15) is 11.6 Å². The van der Waals surface area contributed by atoms with E-state index in [1.165, 1.54) is 5.56 Å². The number of phenolic OH excluding ortho intramolecular Hbond substituents is 1. The highest BCUT2D eigenvalue weighted by atomic mass is 16.3. The Kier molecular flexibility index (Phi) is 4.61. The van der Waals surface area contributed by atoms with Gasteiger partial charge in [0.2, 0.25) is 5.91 Å². The first-order valence-electron chi connectivity index (χ1n) is 9.19. The molecular formula is C21H23N3O2. The smallest absolute Gasteiger partial charge is 0.223 e. The number of piperidine rings is 1. The van der Waals surface area contributed by atoms with Crippen molar-refractivity contribution in [1.29, 1.82) is 0 Å². The Bertz CT molecular complexity index is 860. The van der Waals surface area contributed by atoms with Gasteiger partial charge in [-0.05, 0) is 48.6 Å². The van der Waals surface area contributed by atoms with Gasteiger partial charge in [-0.2, -0.15) is 0 Å². The molecule has 1 fully saturated rings. The summed E-state index contributed by atoms with van der Waals surface area (Å²) in [6.45, 7) is 1.59. The van der Waals surface area contributed by atoms with Crippen LogP contribution in [0.25, 0.3) is 11.0 Å². The summed E-state index contributed by atoms with van der Waals surface area (Å²) in [6.07, 6.45) is 3.08. The Morgan fingerprint density at radius 3 is 2.58 bits per heavy atom. The first-order chi connectivity index (χ1) is 12.7. The predicted octanol–water partition coefficient (Wildman–Crippen LogP) is 3.61. The van der Waals surface area contributed by atoms with Gasteiger partial charge in [0.15, 0.2) is 0 Å². The largest absolute Gasteiger partial charge is 0.508 e. The van der Waals surface area contributed by atoms with Gasteiger partial charge in [0.25, 0.3) is 0 Å². The standard InChI is InChI=1S/C21H23N3O2/c25-17-7-5-15(6-8-17)16-11-13-24(14-12-16)21(26)10-9-20-22-18-3-1-2-4-19(18)23-20/h1-8,16,25H,9-14H2,(H,22,23).